The summed E-state index contributed by atoms with van der Waals surface area (Å²) in [4.78, 5) is 38.9. The Morgan fingerprint density at radius 1 is 0.909 bits per heavy atom. The second-order valence-electron chi connectivity index (χ2n) is 7.62. The largest absolute Gasteiger partial charge is 0.480 e. The number of urea groups is 1. The lowest BCUT2D eigenvalue weighted by Crippen LogP contribution is -2.50. The summed E-state index contributed by atoms with van der Waals surface area (Å²) in [6, 6.07) is 22.4. The highest BCUT2D eigenvalue weighted by molar-refractivity contribution is 7.98. The van der Waals surface area contributed by atoms with Crippen molar-refractivity contribution >= 4 is 29.7 Å². The summed E-state index contributed by atoms with van der Waals surface area (Å²) in [6.45, 7) is 1.98. The Kier molecular flexibility index (Phi) is 8.27. The molecule has 3 amide bonds. The average Bonchev–Trinajstić information content (AvgIpc) is 2.83. The Morgan fingerprint density at radius 3 is 2.09 bits per heavy atom. The van der Waals surface area contributed by atoms with Crippen LogP contribution in [0, 0.1) is 6.92 Å². The third-order valence-electron chi connectivity index (χ3n) is 5.12. The van der Waals surface area contributed by atoms with E-state index in [1.54, 1.807) is 18.4 Å². The first-order valence-corrected chi connectivity index (χ1v) is 11.8. The maximum atomic E-state index is 13.3. The van der Waals surface area contributed by atoms with Crippen LogP contribution in [0.3, 0.4) is 0 Å². The van der Waals surface area contributed by atoms with Gasteiger partial charge in [0, 0.05) is 11.3 Å². The zero-order valence-electron chi connectivity index (χ0n) is 18.5. The molecule has 0 aromatic heterocycles. The van der Waals surface area contributed by atoms with Gasteiger partial charge in [0.15, 0.2) is 0 Å². The zero-order valence-corrected chi connectivity index (χ0v) is 19.3. The molecule has 7 heteroatoms. The fraction of sp³-hybridized carbons (Fsp3) is 0.192. The number of carboxylic acid groups (broad SMARTS) is 1. The molecule has 0 saturated carbocycles. The van der Waals surface area contributed by atoms with E-state index in [2.05, 4.69) is 5.32 Å². The number of aryl methyl sites for hydroxylation is 1. The van der Waals surface area contributed by atoms with E-state index < -0.39 is 23.9 Å². The topological polar surface area (TPSA) is 86.7 Å². The van der Waals surface area contributed by atoms with Crippen molar-refractivity contribution in [1.82, 2.24) is 10.2 Å². The number of carbonyl (C=O) groups excluding carboxylic acids is 2. The van der Waals surface area contributed by atoms with Crippen LogP contribution in [0.2, 0.25) is 0 Å². The molecule has 0 unspecified atom stereocenters. The van der Waals surface area contributed by atoms with E-state index in [4.69, 9.17) is 0 Å². The van der Waals surface area contributed by atoms with Gasteiger partial charge >= 0.3 is 12.0 Å². The van der Waals surface area contributed by atoms with Gasteiger partial charge in [-0.2, -0.15) is 11.8 Å². The number of nitrogens with zero attached hydrogens (tertiary/aromatic N) is 1. The molecule has 0 aliphatic rings. The molecule has 0 spiro atoms. The predicted octanol–water partition coefficient (Wildman–Crippen LogP) is 4.83. The minimum absolute atomic E-state index is 0.0248. The molecule has 0 aliphatic heterocycles. The first-order valence-electron chi connectivity index (χ1n) is 10.4. The molecule has 0 bridgehead atoms. The highest BCUT2D eigenvalue weighted by atomic mass is 32.2. The summed E-state index contributed by atoms with van der Waals surface area (Å²) in [5, 5.41) is 11.9. The van der Waals surface area contributed by atoms with E-state index in [-0.39, 0.29) is 12.3 Å². The fourth-order valence-electron chi connectivity index (χ4n) is 3.27. The number of hydrogen-bond donors (Lipinski definition) is 2. The number of amides is 3. The van der Waals surface area contributed by atoms with Gasteiger partial charge in [-0.15, -0.1) is 0 Å². The lowest BCUT2D eigenvalue weighted by atomic mass is 10.0. The van der Waals surface area contributed by atoms with Gasteiger partial charge in [-0.3, -0.25) is 9.69 Å². The van der Waals surface area contributed by atoms with Crippen molar-refractivity contribution in [3.05, 3.63) is 95.6 Å². The highest BCUT2D eigenvalue weighted by Crippen LogP contribution is 2.20. The smallest absolute Gasteiger partial charge is 0.327 e. The minimum Gasteiger partial charge on any atom is -0.480 e. The lowest BCUT2D eigenvalue weighted by molar-refractivity contribution is -0.138. The van der Waals surface area contributed by atoms with Gasteiger partial charge in [-0.25, -0.2) is 9.59 Å². The molecule has 0 radical (unpaired) electrons. The molecule has 0 saturated heterocycles. The van der Waals surface area contributed by atoms with Crippen LogP contribution in [-0.2, 0) is 11.3 Å². The van der Waals surface area contributed by atoms with Crippen LogP contribution in [-0.4, -0.2) is 46.0 Å². The number of thioether (sulfide) groups is 1. The Hall–Kier alpha value is -3.58. The Labute approximate surface area is 197 Å². The lowest BCUT2D eigenvalue weighted by Gasteiger charge is -2.24. The summed E-state index contributed by atoms with van der Waals surface area (Å²) in [5.41, 5.74) is 4.14. The second kappa shape index (κ2) is 11.3. The van der Waals surface area contributed by atoms with E-state index >= 15 is 0 Å². The first kappa shape index (κ1) is 24.1. The van der Waals surface area contributed by atoms with E-state index in [0.29, 0.717) is 5.56 Å². The van der Waals surface area contributed by atoms with E-state index in [0.717, 1.165) is 27.2 Å². The average molecular weight is 463 g/mol. The van der Waals surface area contributed by atoms with Gasteiger partial charge in [0.2, 0.25) is 0 Å². The minimum atomic E-state index is -1.15. The van der Waals surface area contributed by atoms with Gasteiger partial charge in [0.25, 0.3) is 5.91 Å². The van der Waals surface area contributed by atoms with Gasteiger partial charge in [-0.1, -0.05) is 72.3 Å². The van der Waals surface area contributed by atoms with Gasteiger partial charge in [0.05, 0.1) is 6.54 Å². The summed E-state index contributed by atoms with van der Waals surface area (Å²) in [7, 11) is 0. The van der Waals surface area contributed by atoms with Crippen LogP contribution in [0.5, 0.6) is 0 Å². The van der Waals surface area contributed by atoms with Crippen LogP contribution in [0.15, 0.2) is 78.9 Å². The number of benzene rings is 3. The molecule has 6 nitrogen and oxygen atoms in total. The third kappa shape index (κ3) is 6.46. The van der Waals surface area contributed by atoms with E-state index in [1.807, 2.05) is 73.7 Å². The van der Waals surface area contributed by atoms with Crippen molar-refractivity contribution in [3.8, 4) is 11.1 Å². The van der Waals surface area contributed by atoms with Crippen molar-refractivity contribution in [2.75, 3.05) is 12.0 Å². The van der Waals surface area contributed by atoms with Crippen LogP contribution < -0.4 is 5.32 Å². The molecule has 3 aromatic carbocycles. The second-order valence-corrected chi connectivity index (χ2v) is 8.53. The van der Waals surface area contributed by atoms with Crippen molar-refractivity contribution in [2.45, 2.75) is 19.5 Å². The quantitative estimate of drug-likeness (QED) is 0.501. The molecule has 170 valence electrons. The standard InChI is InChI=1S/C26H26N2O4S/c1-18-8-10-19(11-9-18)16-28(26(32)27-23(17-33-2)25(30)31)24(29)22-14-12-21(13-15-22)20-6-4-3-5-7-20/h3-15,23H,16-17H2,1-2H3,(H,27,32)(H,30,31)/t23-/m0/s1. The number of hydrogen-bond acceptors (Lipinski definition) is 4. The summed E-state index contributed by atoms with van der Waals surface area (Å²) >= 11 is 1.30. The number of carboxylic acids is 1. The fourth-order valence-corrected chi connectivity index (χ4v) is 3.83. The van der Waals surface area contributed by atoms with Crippen molar-refractivity contribution < 1.29 is 19.5 Å². The SMILES string of the molecule is CSC[C@H](NC(=O)N(Cc1ccc(C)cc1)C(=O)c1ccc(-c2ccccc2)cc1)C(=O)O. The zero-order chi connectivity index (χ0) is 23.8. The molecular formula is C26H26N2O4S. The third-order valence-corrected chi connectivity index (χ3v) is 5.79. The van der Waals surface area contributed by atoms with Crippen LogP contribution >= 0.6 is 11.8 Å². The van der Waals surface area contributed by atoms with E-state index in [1.165, 1.54) is 11.8 Å². The number of aliphatic carboxylic acids is 1. The van der Waals surface area contributed by atoms with Crippen LogP contribution in [0.4, 0.5) is 4.79 Å². The van der Waals surface area contributed by atoms with Crippen molar-refractivity contribution in [2.24, 2.45) is 0 Å². The van der Waals surface area contributed by atoms with Gasteiger partial charge in [-0.05, 0) is 42.0 Å². The first-order chi connectivity index (χ1) is 15.9. The Morgan fingerprint density at radius 2 is 1.52 bits per heavy atom. The molecule has 3 rings (SSSR count). The van der Waals surface area contributed by atoms with E-state index in [9.17, 15) is 19.5 Å². The molecule has 3 aromatic rings. The van der Waals surface area contributed by atoms with Gasteiger partial charge in [0.1, 0.15) is 6.04 Å². The molecule has 1 atom stereocenters. The van der Waals surface area contributed by atoms with Crippen molar-refractivity contribution in [1.29, 1.82) is 0 Å². The molecule has 2 N–H and O–H groups in total. The Balaban J connectivity index is 1.87. The molecule has 0 heterocycles. The monoisotopic (exact) mass is 462 g/mol. The molecule has 33 heavy (non-hydrogen) atoms. The number of carbonyl (C=O) groups is 3. The summed E-state index contributed by atoms with van der Waals surface area (Å²) in [6.07, 6.45) is 1.76. The maximum Gasteiger partial charge on any atom is 0.327 e. The number of imide groups is 1. The summed E-state index contributed by atoms with van der Waals surface area (Å²) < 4.78 is 0. The van der Waals surface area contributed by atoms with Crippen LogP contribution in [0.25, 0.3) is 11.1 Å². The van der Waals surface area contributed by atoms with Crippen molar-refractivity contribution in [3.63, 3.8) is 0 Å². The van der Waals surface area contributed by atoms with Crippen LogP contribution in [0.1, 0.15) is 21.5 Å². The normalized spacial score (nSPS) is 11.5. The number of nitrogens with one attached hydrogen (secondary N) is 1. The maximum absolute atomic E-state index is 13.3. The highest BCUT2D eigenvalue weighted by Gasteiger charge is 2.27. The summed E-state index contributed by atoms with van der Waals surface area (Å²) in [5.74, 6) is -1.45. The number of rotatable bonds is 8. The predicted molar refractivity (Wildman–Crippen MR) is 131 cm³/mol. The Bertz CT molecular complexity index is 1100. The molecule has 0 fully saturated rings. The van der Waals surface area contributed by atoms with Gasteiger partial charge < -0.3 is 10.4 Å². The molecule has 0 aliphatic carbocycles. The molecular weight excluding hydrogens is 436 g/mol.